The highest BCUT2D eigenvalue weighted by atomic mass is 35.5. The van der Waals surface area contributed by atoms with Gasteiger partial charge in [0.05, 0.1) is 11.3 Å². The van der Waals surface area contributed by atoms with Crippen LogP contribution < -0.4 is 9.54 Å². The van der Waals surface area contributed by atoms with Crippen LogP contribution in [0.3, 0.4) is 0 Å². The average molecular weight is 373 g/mol. The van der Waals surface area contributed by atoms with E-state index >= 15 is 0 Å². The van der Waals surface area contributed by atoms with Gasteiger partial charge >= 0.3 is 0 Å². The number of carbonyl (C=O) groups is 1. The zero-order valence-corrected chi connectivity index (χ0v) is 15.3. The molecule has 0 saturated carbocycles. The number of allylic oxidation sites excluding steroid dienone is 1. The van der Waals surface area contributed by atoms with E-state index in [0.29, 0.717) is 28.5 Å². The normalized spacial score (nSPS) is 11.7. The lowest BCUT2D eigenvalue weighted by atomic mass is 10.2. The van der Waals surface area contributed by atoms with Crippen molar-refractivity contribution in [2.24, 2.45) is 4.99 Å². The summed E-state index contributed by atoms with van der Waals surface area (Å²) in [6.07, 6.45) is 1.78. The Morgan fingerprint density at radius 3 is 2.88 bits per heavy atom. The minimum atomic E-state index is -0.329. The summed E-state index contributed by atoms with van der Waals surface area (Å²) >= 11 is 7.41. The molecule has 25 heavy (non-hydrogen) atoms. The molecular formula is C19H17ClN2O2S. The Balaban J connectivity index is 2.18. The number of halogens is 1. The summed E-state index contributed by atoms with van der Waals surface area (Å²) in [7, 11) is 0. The molecule has 0 fully saturated rings. The Hall–Kier alpha value is -2.37. The topological polar surface area (TPSA) is 43.6 Å². The summed E-state index contributed by atoms with van der Waals surface area (Å²) in [5, 5.41) is 0.509. The Morgan fingerprint density at radius 1 is 1.36 bits per heavy atom. The van der Waals surface area contributed by atoms with Crippen molar-refractivity contribution >= 4 is 39.1 Å². The first kappa shape index (κ1) is 17.5. The maximum absolute atomic E-state index is 12.5. The van der Waals surface area contributed by atoms with Crippen LogP contribution in [-0.2, 0) is 6.54 Å². The number of amides is 1. The van der Waals surface area contributed by atoms with Gasteiger partial charge in [-0.25, -0.2) is 0 Å². The second-order valence-electron chi connectivity index (χ2n) is 5.25. The van der Waals surface area contributed by atoms with Crippen LogP contribution in [0.25, 0.3) is 10.2 Å². The fraction of sp³-hybridized carbons (Fsp3) is 0.158. The smallest absolute Gasteiger partial charge is 0.279 e. The first-order chi connectivity index (χ1) is 12.1. The molecule has 0 saturated heterocycles. The molecule has 6 heteroatoms. The van der Waals surface area contributed by atoms with Gasteiger partial charge in [0.1, 0.15) is 11.3 Å². The van der Waals surface area contributed by atoms with Crippen LogP contribution >= 0.6 is 22.9 Å². The third-order valence-electron chi connectivity index (χ3n) is 3.54. The lowest BCUT2D eigenvalue weighted by Gasteiger charge is -2.07. The van der Waals surface area contributed by atoms with Crippen molar-refractivity contribution in [3.8, 4) is 5.75 Å². The second-order valence-corrected chi connectivity index (χ2v) is 6.69. The van der Waals surface area contributed by atoms with Crippen molar-refractivity contribution in [2.45, 2.75) is 13.5 Å². The van der Waals surface area contributed by atoms with Crippen LogP contribution in [0.2, 0.25) is 5.02 Å². The molecule has 0 aliphatic rings. The minimum Gasteiger partial charge on any atom is -0.492 e. The fourth-order valence-electron chi connectivity index (χ4n) is 2.53. The number of rotatable bonds is 5. The zero-order chi connectivity index (χ0) is 17.8. The number of carbonyl (C=O) groups excluding carboxylic acids is 1. The van der Waals surface area contributed by atoms with Gasteiger partial charge in [-0.2, -0.15) is 4.99 Å². The molecule has 0 bridgehead atoms. The number of thiazole rings is 1. The number of hydrogen-bond donors (Lipinski definition) is 0. The molecular weight excluding hydrogens is 356 g/mol. The first-order valence-electron chi connectivity index (χ1n) is 7.84. The summed E-state index contributed by atoms with van der Waals surface area (Å²) in [5.41, 5.74) is 1.38. The van der Waals surface area contributed by atoms with Gasteiger partial charge in [-0.1, -0.05) is 41.1 Å². The molecule has 0 N–H and O–H groups in total. The van der Waals surface area contributed by atoms with Crippen molar-refractivity contribution in [1.82, 2.24) is 4.57 Å². The summed E-state index contributed by atoms with van der Waals surface area (Å²) < 4.78 is 8.68. The van der Waals surface area contributed by atoms with Gasteiger partial charge in [0.25, 0.3) is 5.91 Å². The van der Waals surface area contributed by atoms with Gasteiger partial charge in [0.15, 0.2) is 4.80 Å². The molecule has 1 aromatic heterocycles. The maximum Gasteiger partial charge on any atom is 0.279 e. The van der Waals surface area contributed by atoms with E-state index < -0.39 is 0 Å². The molecule has 0 atom stereocenters. The van der Waals surface area contributed by atoms with E-state index in [1.165, 1.54) is 11.3 Å². The molecule has 0 spiro atoms. The van der Waals surface area contributed by atoms with E-state index in [4.69, 9.17) is 16.3 Å². The molecule has 0 aliphatic carbocycles. The number of nitrogens with zero attached hydrogens (tertiary/aromatic N) is 2. The van der Waals surface area contributed by atoms with Gasteiger partial charge in [-0.15, -0.1) is 6.58 Å². The van der Waals surface area contributed by atoms with Crippen molar-refractivity contribution in [2.75, 3.05) is 6.61 Å². The third kappa shape index (κ3) is 3.67. The Morgan fingerprint density at radius 2 is 2.16 bits per heavy atom. The number of aromatic nitrogens is 1. The van der Waals surface area contributed by atoms with Gasteiger partial charge in [0, 0.05) is 17.1 Å². The largest absolute Gasteiger partial charge is 0.492 e. The van der Waals surface area contributed by atoms with Crippen LogP contribution in [0.1, 0.15) is 17.3 Å². The lowest BCUT2D eigenvalue weighted by Crippen LogP contribution is -2.16. The Labute approximate surface area is 154 Å². The van der Waals surface area contributed by atoms with Gasteiger partial charge in [-0.3, -0.25) is 4.79 Å². The summed E-state index contributed by atoms with van der Waals surface area (Å²) in [6.45, 7) is 6.85. The monoisotopic (exact) mass is 372 g/mol. The van der Waals surface area contributed by atoms with E-state index in [1.54, 1.807) is 30.3 Å². The van der Waals surface area contributed by atoms with E-state index in [0.717, 1.165) is 16.0 Å². The SMILES string of the molecule is C=CCn1c(=NC(=O)c2cccc(Cl)c2)sc2cccc(OCC)c21. The molecule has 0 aliphatic heterocycles. The molecule has 1 amide bonds. The van der Waals surface area contributed by atoms with Crippen LogP contribution in [0.4, 0.5) is 0 Å². The fourth-order valence-corrected chi connectivity index (χ4v) is 3.77. The molecule has 3 rings (SSSR count). The van der Waals surface area contributed by atoms with Gasteiger partial charge in [-0.05, 0) is 37.3 Å². The molecule has 2 aromatic carbocycles. The first-order valence-corrected chi connectivity index (χ1v) is 9.04. The molecule has 3 aromatic rings. The summed E-state index contributed by atoms with van der Waals surface area (Å²) in [4.78, 5) is 17.4. The number of benzene rings is 2. The van der Waals surface area contributed by atoms with Crippen LogP contribution in [-0.4, -0.2) is 17.1 Å². The standard InChI is InChI=1S/C19H17ClN2O2S/c1-3-11-22-17-15(24-4-2)9-6-10-16(17)25-19(22)21-18(23)13-7-5-8-14(20)12-13/h3,5-10,12H,1,4,11H2,2H3. The molecule has 0 unspecified atom stereocenters. The van der Waals surface area contributed by atoms with Gasteiger partial charge in [0.2, 0.25) is 0 Å². The Bertz CT molecular complexity index is 1000. The summed E-state index contributed by atoms with van der Waals surface area (Å²) in [5.74, 6) is 0.444. The second kappa shape index (κ2) is 7.68. The maximum atomic E-state index is 12.5. The van der Waals surface area contributed by atoms with E-state index in [1.807, 2.05) is 29.7 Å². The molecule has 1 heterocycles. The van der Waals surface area contributed by atoms with E-state index in [9.17, 15) is 4.79 Å². The highest BCUT2D eigenvalue weighted by Crippen LogP contribution is 2.27. The number of hydrogen-bond acceptors (Lipinski definition) is 3. The minimum absolute atomic E-state index is 0.329. The molecule has 4 nitrogen and oxygen atoms in total. The number of para-hydroxylation sites is 1. The third-order valence-corrected chi connectivity index (χ3v) is 4.82. The molecule has 128 valence electrons. The van der Waals surface area contributed by atoms with Crippen molar-refractivity contribution < 1.29 is 9.53 Å². The van der Waals surface area contributed by atoms with Gasteiger partial charge < -0.3 is 9.30 Å². The van der Waals surface area contributed by atoms with Crippen molar-refractivity contribution in [3.63, 3.8) is 0 Å². The quantitative estimate of drug-likeness (QED) is 0.610. The number of ether oxygens (including phenoxy) is 1. The Kier molecular flexibility index (Phi) is 5.36. The zero-order valence-electron chi connectivity index (χ0n) is 13.7. The van der Waals surface area contributed by atoms with Crippen molar-refractivity contribution in [3.05, 3.63) is 70.5 Å². The summed E-state index contributed by atoms with van der Waals surface area (Å²) in [6, 6.07) is 12.6. The highest BCUT2D eigenvalue weighted by molar-refractivity contribution is 7.16. The number of fused-ring (bicyclic) bond motifs is 1. The lowest BCUT2D eigenvalue weighted by molar-refractivity contribution is 0.0998. The van der Waals surface area contributed by atoms with Crippen LogP contribution in [0, 0.1) is 0 Å². The van der Waals surface area contributed by atoms with Crippen LogP contribution in [0.15, 0.2) is 60.1 Å². The predicted molar refractivity (Wildman–Crippen MR) is 103 cm³/mol. The van der Waals surface area contributed by atoms with E-state index in [2.05, 4.69) is 11.6 Å². The van der Waals surface area contributed by atoms with Crippen LogP contribution in [0.5, 0.6) is 5.75 Å². The predicted octanol–water partition coefficient (Wildman–Crippen LogP) is 4.68. The highest BCUT2D eigenvalue weighted by Gasteiger charge is 2.12. The average Bonchev–Trinajstić information content (AvgIpc) is 2.94. The van der Waals surface area contributed by atoms with E-state index in [-0.39, 0.29) is 5.91 Å². The van der Waals surface area contributed by atoms with Crippen molar-refractivity contribution in [1.29, 1.82) is 0 Å². The molecule has 0 radical (unpaired) electrons.